The Hall–Kier alpha value is -2.21. The van der Waals surface area contributed by atoms with Crippen molar-refractivity contribution in [3.8, 4) is 10.6 Å². The Kier molecular flexibility index (Phi) is 4.17. The maximum Gasteiger partial charge on any atom is 0.259 e. The van der Waals surface area contributed by atoms with Crippen molar-refractivity contribution in [3.05, 3.63) is 34.8 Å². The van der Waals surface area contributed by atoms with Gasteiger partial charge in [0.15, 0.2) is 0 Å². The van der Waals surface area contributed by atoms with Crippen molar-refractivity contribution in [1.29, 1.82) is 0 Å². The first kappa shape index (κ1) is 15.7. The molecule has 0 bridgehead atoms. The minimum absolute atomic E-state index is 0.0797. The van der Waals surface area contributed by atoms with E-state index in [1.165, 1.54) is 0 Å². The first-order valence-electron chi connectivity index (χ1n) is 7.59. The molecule has 1 amide bonds. The number of nitrogens with one attached hydrogen (secondary N) is 1. The third kappa shape index (κ3) is 2.99. The van der Waals surface area contributed by atoms with E-state index in [4.69, 9.17) is 4.52 Å². The largest absolute Gasteiger partial charge is 0.349 e. The van der Waals surface area contributed by atoms with Crippen LogP contribution in [0.4, 0.5) is 0 Å². The quantitative estimate of drug-likeness (QED) is 0.784. The summed E-state index contributed by atoms with van der Waals surface area (Å²) in [4.78, 5) is 18.2. The van der Waals surface area contributed by atoms with Crippen LogP contribution in [-0.2, 0) is 0 Å². The molecule has 3 aromatic heterocycles. The summed E-state index contributed by atoms with van der Waals surface area (Å²) in [6, 6.07) is 5.83. The van der Waals surface area contributed by atoms with Gasteiger partial charge in [0.2, 0.25) is 0 Å². The lowest BCUT2D eigenvalue weighted by Crippen LogP contribution is -2.36. The van der Waals surface area contributed by atoms with Crippen molar-refractivity contribution < 1.29 is 9.32 Å². The van der Waals surface area contributed by atoms with Crippen LogP contribution in [0.2, 0.25) is 0 Å². The summed E-state index contributed by atoms with van der Waals surface area (Å²) in [7, 11) is 0. The molecular weight excluding hydrogens is 310 g/mol. The Morgan fingerprint density at radius 3 is 2.78 bits per heavy atom. The summed E-state index contributed by atoms with van der Waals surface area (Å²) >= 11 is 1.57. The van der Waals surface area contributed by atoms with Crippen molar-refractivity contribution >= 4 is 28.3 Å². The van der Waals surface area contributed by atoms with Gasteiger partial charge in [-0.15, -0.1) is 11.3 Å². The molecule has 6 heteroatoms. The monoisotopic (exact) mass is 329 g/mol. The molecule has 23 heavy (non-hydrogen) atoms. The zero-order valence-corrected chi connectivity index (χ0v) is 14.4. The van der Waals surface area contributed by atoms with E-state index in [2.05, 4.69) is 29.3 Å². The second-order valence-electron chi connectivity index (χ2n) is 5.99. The molecule has 1 N–H and O–H groups in total. The van der Waals surface area contributed by atoms with Crippen LogP contribution in [0.5, 0.6) is 0 Å². The standard InChI is InChI=1S/C17H19N3O2S/c1-9(2)10(3)18-16(21)12-8-13(14-6-5-7-23-14)19-17-15(12)11(4)20-22-17/h5-10H,1-4H3,(H,18,21). The Bertz CT molecular complexity index is 837. The number of nitrogens with zero attached hydrogens (tertiary/aromatic N) is 2. The van der Waals surface area contributed by atoms with Gasteiger partial charge in [0, 0.05) is 6.04 Å². The van der Waals surface area contributed by atoms with Gasteiger partial charge in [-0.25, -0.2) is 4.98 Å². The van der Waals surface area contributed by atoms with E-state index in [1.807, 2.05) is 37.4 Å². The summed E-state index contributed by atoms with van der Waals surface area (Å²) in [5, 5.41) is 9.66. The number of amides is 1. The van der Waals surface area contributed by atoms with Crippen molar-refractivity contribution in [2.75, 3.05) is 0 Å². The van der Waals surface area contributed by atoms with Crippen molar-refractivity contribution in [2.24, 2.45) is 5.92 Å². The van der Waals surface area contributed by atoms with Crippen LogP contribution in [0.25, 0.3) is 21.7 Å². The van der Waals surface area contributed by atoms with Gasteiger partial charge < -0.3 is 9.84 Å². The Morgan fingerprint density at radius 1 is 1.35 bits per heavy atom. The Balaban J connectivity index is 2.10. The molecule has 0 saturated heterocycles. The number of aromatic nitrogens is 2. The molecule has 0 saturated carbocycles. The molecule has 0 spiro atoms. The predicted molar refractivity (Wildman–Crippen MR) is 91.6 cm³/mol. The SMILES string of the molecule is Cc1noc2nc(-c3cccs3)cc(C(=O)NC(C)C(C)C)c12. The number of thiophene rings is 1. The highest BCUT2D eigenvalue weighted by Crippen LogP contribution is 2.29. The lowest BCUT2D eigenvalue weighted by atomic mass is 10.0. The summed E-state index contributed by atoms with van der Waals surface area (Å²) in [5.74, 6) is 0.235. The Morgan fingerprint density at radius 2 is 2.13 bits per heavy atom. The second kappa shape index (κ2) is 6.12. The number of fused-ring (bicyclic) bond motifs is 1. The van der Waals surface area contributed by atoms with Gasteiger partial charge in [-0.1, -0.05) is 25.1 Å². The van der Waals surface area contributed by atoms with Gasteiger partial charge >= 0.3 is 0 Å². The van der Waals surface area contributed by atoms with Crippen LogP contribution in [0.1, 0.15) is 36.8 Å². The minimum Gasteiger partial charge on any atom is -0.349 e. The highest BCUT2D eigenvalue weighted by atomic mass is 32.1. The minimum atomic E-state index is -0.122. The van der Waals surface area contributed by atoms with E-state index in [-0.39, 0.29) is 11.9 Å². The van der Waals surface area contributed by atoms with Crippen LogP contribution >= 0.6 is 11.3 Å². The molecule has 0 aromatic carbocycles. The molecule has 0 fully saturated rings. The Labute approximate surface area is 138 Å². The molecule has 3 aromatic rings. The third-order valence-corrected chi connectivity index (χ3v) is 4.89. The van der Waals surface area contributed by atoms with E-state index in [1.54, 1.807) is 11.3 Å². The van der Waals surface area contributed by atoms with E-state index < -0.39 is 0 Å². The smallest absolute Gasteiger partial charge is 0.259 e. The number of pyridine rings is 1. The number of hydrogen-bond acceptors (Lipinski definition) is 5. The number of carbonyl (C=O) groups is 1. The summed E-state index contributed by atoms with van der Waals surface area (Å²) in [6.45, 7) is 7.98. The van der Waals surface area contributed by atoms with Crippen LogP contribution < -0.4 is 5.32 Å². The fourth-order valence-electron chi connectivity index (χ4n) is 2.28. The molecule has 5 nitrogen and oxygen atoms in total. The maximum atomic E-state index is 12.7. The highest BCUT2D eigenvalue weighted by molar-refractivity contribution is 7.13. The van der Waals surface area contributed by atoms with Crippen molar-refractivity contribution in [1.82, 2.24) is 15.5 Å². The van der Waals surface area contributed by atoms with Crippen molar-refractivity contribution in [2.45, 2.75) is 33.7 Å². The van der Waals surface area contributed by atoms with Gasteiger partial charge in [-0.2, -0.15) is 0 Å². The average molecular weight is 329 g/mol. The molecule has 1 atom stereocenters. The molecule has 0 aliphatic heterocycles. The molecule has 0 aliphatic carbocycles. The first-order valence-corrected chi connectivity index (χ1v) is 8.47. The van der Waals surface area contributed by atoms with Gasteiger partial charge in [-0.05, 0) is 37.3 Å². The molecular formula is C17H19N3O2S. The number of aryl methyl sites for hydroxylation is 1. The topological polar surface area (TPSA) is 68.0 Å². The average Bonchev–Trinajstić information content (AvgIpc) is 3.16. The second-order valence-corrected chi connectivity index (χ2v) is 6.93. The van der Waals surface area contributed by atoms with E-state index in [0.29, 0.717) is 28.3 Å². The molecule has 3 rings (SSSR count). The van der Waals surface area contributed by atoms with Crippen molar-refractivity contribution in [3.63, 3.8) is 0 Å². The summed E-state index contributed by atoms with van der Waals surface area (Å²) in [6.07, 6.45) is 0. The zero-order valence-electron chi connectivity index (χ0n) is 13.6. The van der Waals surface area contributed by atoms with E-state index in [9.17, 15) is 4.79 Å². The van der Waals surface area contributed by atoms with Gasteiger partial charge in [0.05, 0.1) is 27.2 Å². The number of rotatable bonds is 4. The zero-order chi connectivity index (χ0) is 16.6. The maximum absolute atomic E-state index is 12.7. The fourth-order valence-corrected chi connectivity index (χ4v) is 2.96. The van der Waals surface area contributed by atoms with E-state index in [0.717, 1.165) is 10.6 Å². The molecule has 0 aliphatic rings. The molecule has 3 heterocycles. The predicted octanol–water partition coefficient (Wildman–Crippen LogP) is 4.03. The first-order chi connectivity index (χ1) is 11.0. The van der Waals surface area contributed by atoms with Gasteiger partial charge in [0.1, 0.15) is 0 Å². The van der Waals surface area contributed by atoms with E-state index >= 15 is 0 Å². The fraction of sp³-hybridized carbons (Fsp3) is 0.353. The molecule has 120 valence electrons. The van der Waals surface area contributed by atoms with Crippen LogP contribution in [-0.4, -0.2) is 22.1 Å². The summed E-state index contributed by atoms with van der Waals surface area (Å²) < 4.78 is 5.29. The lowest BCUT2D eigenvalue weighted by molar-refractivity contribution is 0.0932. The number of hydrogen-bond donors (Lipinski definition) is 1. The number of carbonyl (C=O) groups excluding carboxylic acids is 1. The van der Waals surface area contributed by atoms with Crippen LogP contribution in [0.15, 0.2) is 28.1 Å². The van der Waals surface area contributed by atoms with Gasteiger partial charge in [0.25, 0.3) is 11.6 Å². The molecule has 1 unspecified atom stereocenters. The summed E-state index contributed by atoms with van der Waals surface area (Å²) in [5.41, 5.74) is 2.36. The molecule has 0 radical (unpaired) electrons. The third-order valence-electron chi connectivity index (χ3n) is 3.99. The normalized spacial score (nSPS) is 12.7. The highest BCUT2D eigenvalue weighted by Gasteiger charge is 2.21. The van der Waals surface area contributed by atoms with Crippen LogP contribution in [0, 0.1) is 12.8 Å². The van der Waals surface area contributed by atoms with Gasteiger partial charge in [-0.3, -0.25) is 4.79 Å². The van der Waals surface area contributed by atoms with Crippen LogP contribution in [0.3, 0.4) is 0 Å². The lowest BCUT2D eigenvalue weighted by Gasteiger charge is -2.17.